The number of benzene rings is 4. The summed E-state index contributed by atoms with van der Waals surface area (Å²) in [5.74, 6) is 0.813. The van der Waals surface area contributed by atoms with Gasteiger partial charge >= 0.3 is 12.2 Å². The van der Waals surface area contributed by atoms with E-state index in [-0.39, 0.29) is 29.7 Å². The van der Waals surface area contributed by atoms with E-state index in [0.29, 0.717) is 12.4 Å². The van der Waals surface area contributed by atoms with Crippen LogP contribution in [0.25, 0.3) is 55.1 Å². The van der Waals surface area contributed by atoms with E-state index in [2.05, 4.69) is 86.6 Å². The van der Waals surface area contributed by atoms with E-state index >= 15 is 0 Å². The fraction of sp³-hybridized carbons (Fsp3) is 0.391. The van der Waals surface area contributed by atoms with Gasteiger partial charge in [-0.2, -0.15) is 0 Å². The highest BCUT2D eigenvalue weighted by molar-refractivity contribution is 6.05. The maximum Gasteiger partial charge on any atom is 0.407 e. The van der Waals surface area contributed by atoms with E-state index in [9.17, 15) is 19.2 Å². The lowest BCUT2D eigenvalue weighted by Crippen LogP contribution is -2.58. The normalized spacial score (nSPS) is 17.1. The van der Waals surface area contributed by atoms with Crippen LogP contribution in [0.4, 0.5) is 9.59 Å². The van der Waals surface area contributed by atoms with Gasteiger partial charge in [0.2, 0.25) is 11.8 Å². The number of aromatic amines is 2. The van der Waals surface area contributed by atoms with Crippen molar-refractivity contribution in [2.45, 2.75) is 83.5 Å². The maximum absolute atomic E-state index is 13.7. The van der Waals surface area contributed by atoms with Gasteiger partial charge in [-0.3, -0.25) is 9.59 Å². The maximum atomic E-state index is 13.7. The Kier molecular flexibility index (Phi) is 11.0. The van der Waals surface area contributed by atoms with Crippen LogP contribution in [0.2, 0.25) is 0 Å². The molecule has 0 spiro atoms. The van der Waals surface area contributed by atoms with Crippen LogP contribution in [-0.4, -0.2) is 81.7 Å². The number of carbonyl (C=O) groups excluding carboxylic acids is 4. The number of carbonyl (C=O) groups is 4. The number of methoxy groups -OCH3 is 2. The van der Waals surface area contributed by atoms with Crippen LogP contribution < -0.4 is 16.0 Å². The van der Waals surface area contributed by atoms with Crippen molar-refractivity contribution in [3.05, 3.63) is 84.4 Å². The molecular weight excluding hydrogens is 761 g/mol. The summed E-state index contributed by atoms with van der Waals surface area (Å²) in [7, 11) is 2.58. The molecule has 60 heavy (non-hydrogen) atoms. The third-order valence-corrected chi connectivity index (χ3v) is 12.2. The van der Waals surface area contributed by atoms with Crippen molar-refractivity contribution in [1.82, 2.24) is 40.8 Å². The van der Waals surface area contributed by atoms with Crippen LogP contribution in [0.3, 0.4) is 0 Å². The second kappa shape index (κ2) is 16.3. The number of likely N-dealkylation sites (tertiary alicyclic amines) is 1. The van der Waals surface area contributed by atoms with Gasteiger partial charge in [0, 0.05) is 11.9 Å². The summed E-state index contributed by atoms with van der Waals surface area (Å²) in [6.45, 7) is 8.18. The number of rotatable bonds is 11. The van der Waals surface area contributed by atoms with E-state index in [1.807, 2.05) is 44.7 Å². The van der Waals surface area contributed by atoms with Crippen molar-refractivity contribution in [3.63, 3.8) is 0 Å². The largest absolute Gasteiger partial charge is 0.453 e. The molecular formula is C46H52N8O6. The third kappa shape index (κ3) is 7.62. The second-order valence-corrected chi connectivity index (χ2v) is 16.7. The van der Waals surface area contributed by atoms with Crippen LogP contribution in [0.1, 0.15) is 77.5 Å². The molecule has 0 bridgehead atoms. The monoisotopic (exact) mass is 812 g/mol. The zero-order chi connectivity index (χ0) is 42.3. The molecule has 6 aromatic rings. The number of nitrogens with one attached hydrogen (secondary N) is 5. The van der Waals surface area contributed by atoms with Crippen molar-refractivity contribution in [2.75, 3.05) is 20.8 Å². The molecule has 1 saturated carbocycles. The molecule has 3 heterocycles. The molecule has 2 aliphatic rings. The first-order valence-corrected chi connectivity index (χ1v) is 20.7. The smallest absolute Gasteiger partial charge is 0.407 e. The van der Waals surface area contributed by atoms with Gasteiger partial charge in [0.05, 0.1) is 47.9 Å². The van der Waals surface area contributed by atoms with Gasteiger partial charge in [0.1, 0.15) is 23.7 Å². The molecule has 0 radical (unpaired) electrons. The lowest BCUT2D eigenvalue weighted by molar-refractivity contribution is -0.135. The van der Waals surface area contributed by atoms with Crippen molar-refractivity contribution >= 4 is 56.8 Å². The Hall–Kier alpha value is -6.44. The molecule has 14 heteroatoms. The number of fused-ring (bicyclic) bond motifs is 4. The van der Waals surface area contributed by atoms with Gasteiger partial charge in [0.25, 0.3) is 0 Å². The number of aromatic nitrogens is 4. The second-order valence-electron chi connectivity index (χ2n) is 16.7. The summed E-state index contributed by atoms with van der Waals surface area (Å²) < 4.78 is 9.54. The third-order valence-electron chi connectivity index (χ3n) is 12.2. The summed E-state index contributed by atoms with van der Waals surface area (Å²) in [5.41, 5.74) is 7.09. The van der Waals surface area contributed by atoms with Crippen LogP contribution in [0.5, 0.6) is 0 Å². The number of hydrogen-bond acceptors (Lipinski definition) is 8. The average molecular weight is 813 g/mol. The van der Waals surface area contributed by atoms with E-state index in [0.717, 1.165) is 93.0 Å². The lowest BCUT2D eigenvalue weighted by atomic mass is 9.75. The molecule has 1 aliphatic carbocycles. The molecule has 0 unspecified atom stereocenters. The number of alkyl carbamates (subject to hydrolysis) is 2. The topological polar surface area (TPSA) is 183 Å². The Morgan fingerprint density at radius 1 is 0.733 bits per heavy atom. The number of ether oxygens (including phenoxy) is 2. The van der Waals surface area contributed by atoms with E-state index in [1.54, 1.807) is 0 Å². The highest BCUT2D eigenvalue weighted by Gasteiger charge is 2.44. The lowest BCUT2D eigenvalue weighted by Gasteiger charge is -2.42. The fourth-order valence-corrected chi connectivity index (χ4v) is 8.61. The van der Waals surface area contributed by atoms with Crippen molar-refractivity contribution in [3.8, 4) is 22.3 Å². The number of H-pyrrole nitrogens is 2. The van der Waals surface area contributed by atoms with Crippen molar-refractivity contribution in [1.29, 1.82) is 0 Å². The highest BCUT2D eigenvalue weighted by atomic mass is 16.5. The van der Waals surface area contributed by atoms with Gasteiger partial charge in [0.15, 0.2) is 0 Å². The molecule has 8 rings (SSSR count). The zero-order valence-corrected chi connectivity index (χ0v) is 34.8. The molecule has 2 fully saturated rings. The van der Waals surface area contributed by atoms with Crippen LogP contribution in [-0.2, 0) is 24.6 Å². The number of imidazole rings is 2. The summed E-state index contributed by atoms with van der Waals surface area (Å²) in [6, 6.07) is 23.5. The summed E-state index contributed by atoms with van der Waals surface area (Å²) in [5, 5.41) is 10.7. The molecule has 2 aromatic heterocycles. The number of amides is 4. The van der Waals surface area contributed by atoms with Crippen molar-refractivity contribution < 1.29 is 28.7 Å². The van der Waals surface area contributed by atoms with Crippen LogP contribution in [0, 0.1) is 11.8 Å². The zero-order valence-electron chi connectivity index (χ0n) is 34.8. The molecule has 14 nitrogen and oxygen atoms in total. The van der Waals surface area contributed by atoms with Gasteiger partial charge < -0.3 is 40.3 Å². The number of hydrogen-bond donors (Lipinski definition) is 5. The van der Waals surface area contributed by atoms with E-state index in [4.69, 9.17) is 19.4 Å². The first-order chi connectivity index (χ1) is 28.9. The average Bonchev–Trinajstić information content (AvgIpc) is 4.01. The molecule has 312 valence electrons. The Labute approximate surface area is 348 Å². The van der Waals surface area contributed by atoms with Gasteiger partial charge in [-0.25, -0.2) is 19.6 Å². The fourth-order valence-electron chi connectivity index (χ4n) is 8.61. The van der Waals surface area contributed by atoms with Gasteiger partial charge in [-0.15, -0.1) is 0 Å². The molecule has 3 atom stereocenters. The predicted molar refractivity (Wildman–Crippen MR) is 230 cm³/mol. The van der Waals surface area contributed by atoms with E-state index in [1.165, 1.54) is 14.2 Å². The number of nitrogens with zero attached hydrogens (tertiary/aromatic N) is 3. The first kappa shape index (κ1) is 40.3. The Morgan fingerprint density at radius 2 is 1.37 bits per heavy atom. The first-order valence-electron chi connectivity index (χ1n) is 20.7. The molecule has 1 saturated heterocycles. The Morgan fingerprint density at radius 3 is 2.00 bits per heavy atom. The minimum atomic E-state index is -0.736. The Balaban J connectivity index is 0.993. The minimum absolute atomic E-state index is 0.111. The van der Waals surface area contributed by atoms with Crippen LogP contribution in [0.15, 0.2) is 72.8 Å². The molecule has 5 N–H and O–H groups in total. The summed E-state index contributed by atoms with van der Waals surface area (Å²) >= 11 is 0. The predicted octanol–water partition coefficient (Wildman–Crippen LogP) is 7.85. The Bertz CT molecular complexity index is 2590. The molecule has 1 aliphatic heterocycles. The highest BCUT2D eigenvalue weighted by Crippen LogP contribution is 2.41. The minimum Gasteiger partial charge on any atom is -0.453 e. The molecule has 4 amide bonds. The van der Waals surface area contributed by atoms with Crippen molar-refractivity contribution in [2.24, 2.45) is 11.8 Å². The van der Waals surface area contributed by atoms with Crippen LogP contribution >= 0.6 is 0 Å². The van der Waals surface area contributed by atoms with Gasteiger partial charge in [-0.05, 0) is 95.8 Å². The summed E-state index contributed by atoms with van der Waals surface area (Å²) in [4.78, 5) is 69.9. The quantitative estimate of drug-likeness (QED) is 0.0876. The molecule has 4 aromatic carbocycles. The van der Waals surface area contributed by atoms with E-state index < -0.39 is 29.8 Å². The summed E-state index contributed by atoms with van der Waals surface area (Å²) in [6.07, 6.45) is 2.81. The van der Waals surface area contributed by atoms with Gasteiger partial charge in [-0.1, -0.05) is 76.2 Å². The SMILES string of the molecule is COC(=O)N[C@H](C(=O)NC1(c2nc3ccc(-c4ccc(-c5ccc6c(ccc7[nH]c([C@@H]8CCCN8C(=O)[C@@H](NC(=O)OC)C(C)C)nc76)c5)cc4)cc3[nH]2)CCC1)C(C)C. The standard InChI is InChI=1S/C46H52N8O6/c1-25(2)37(51-44(57)59-5)41(55)53-46(20-8-21-46)43-48-33-18-15-30(24-35(33)49-43)28-12-10-27(11-13-28)29-14-17-32-31(23-29)16-19-34-39(32)50-40(47-34)36-9-7-22-54(36)42(56)38(26(3)4)52-45(58)60-6/h10-19,23-26,36-38H,7-9,20-22H2,1-6H3,(H,47,50)(H,48,49)(H,51,57)(H,52,58)(H,53,55)/t36-,37-,38-/m0/s1.